The predicted molar refractivity (Wildman–Crippen MR) is 100 cm³/mol. The highest BCUT2D eigenvalue weighted by Gasteiger charge is 2.19. The van der Waals surface area contributed by atoms with E-state index in [1.165, 1.54) is 5.56 Å². The minimum atomic E-state index is 0.00459. The van der Waals surface area contributed by atoms with Crippen LogP contribution in [0.15, 0.2) is 72.9 Å². The summed E-state index contributed by atoms with van der Waals surface area (Å²) in [4.78, 5) is 17.7. The van der Waals surface area contributed by atoms with Gasteiger partial charge in [0, 0.05) is 17.1 Å². The molecule has 0 fully saturated rings. The first-order chi connectivity index (χ1) is 12.1. The van der Waals surface area contributed by atoms with E-state index in [9.17, 15) is 4.79 Å². The lowest BCUT2D eigenvalue weighted by Gasteiger charge is -2.10. The molecule has 4 rings (SSSR count). The van der Waals surface area contributed by atoms with Crippen LogP contribution in [0.1, 0.15) is 27.2 Å². The smallest absolute Gasteiger partial charge is 0.209 e. The summed E-state index contributed by atoms with van der Waals surface area (Å²) < 4.78 is 1.94. The molecule has 0 atom stereocenters. The molecule has 0 bridgehead atoms. The van der Waals surface area contributed by atoms with Crippen LogP contribution in [0.4, 0.5) is 0 Å². The second-order valence-electron chi connectivity index (χ2n) is 6.24. The molecule has 0 spiro atoms. The molecule has 0 unspecified atom stereocenters. The molecule has 3 heteroatoms. The Morgan fingerprint density at radius 3 is 2.44 bits per heavy atom. The zero-order chi connectivity index (χ0) is 17.4. The number of benzene rings is 2. The molecular formula is C22H18N2O. The van der Waals surface area contributed by atoms with Crippen molar-refractivity contribution in [2.45, 2.75) is 13.8 Å². The van der Waals surface area contributed by atoms with Gasteiger partial charge in [0.2, 0.25) is 5.78 Å². The van der Waals surface area contributed by atoms with Gasteiger partial charge in [0.1, 0.15) is 5.82 Å². The molecule has 0 aliphatic carbocycles. The van der Waals surface area contributed by atoms with Crippen LogP contribution in [0, 0.1) is 13.8 Å². The molecule has 0 saturated heterocycles. The third-order valence-electron chi connectivity index (χ3n) is 4.59. The van der Waals surface area contributed by atoms with Gasteiger partial charge in [0.15, 0.2) is 0 Å². The Bertz CT molecular complexity index is 1080. The van der Waals surface area contributed by atoms with E-state index in [4.69, 9.17) is 0 Å². The number of carbonyl (C=O) groups is 1. The number of hydrogen-bond donors (Lipinski definition) is 0. The van der Waals surface area contributed by atoms with E-state index >= 15 is 0 Å². The average molecular weight is 326 g/mol. The minimum absolute atomic E-state index is 0.00459. The number of nitrogens with zero attached hydrogens (tertiary/aromatic N) is 2. The number of fused-ring (bicyclic) bond motifs is 1. The summed E-state index contributed by atoms with van der Waals surface area (Å²) in [5, 5.41) is 1.03. The van der Waals surface area contributed by atoms with Gasteiger partial charge in [-0.15, -0.1) is 0 Å². The van der Waals surface area contributed by atoms with Crippen molar-refractivity contribution in [1.82, 2.24) is 9.55 Å². The highest BCUT2D eigenvalue weighted by molar-refractivity contribution is 6.11. The van der Waals surface area contributed by atoms with Crippen molar-refractivity contribution in [3.8, 4) is 5.82 Å². The van der Waals surface area contributed by atoms with E-state index in [1.54, 1.807) is 6.20 Å². The maximum atomic E-state index is 13.2. The van der Waals surface area contributed by atoms with Crippen molar-refractivity contribution in [1.29, 1.82) is 0 Å². The van der Waals surface area contributed by atoms with E-state index in [-0.39, 0.29) is 5.78 Å². The summed E-state index contributed by atoms with van der Waals surface area (Å²) in [5.41, 5.74) is 4.60. The highest BCUT2D eigenvalue weighted by Crippen LogP contribution is 2.25. The van der Waals surface area contributed by atoms with Crippen molar-refractivity contribution in [3.05, 3.63) is 95.3 Å². The number of carbonyl (C=O) groups excluding carboxylic acids is 1. The van der Waals surface area contributed by atoms with Gasteiger partial charge in [-0.2, -0.15) is 0 Å². The quantitative estimate of drug-likeness (QED) is 0.503. The standard InChI is InChI=1S/C22H18N2O/c1-15-10-11-18(13-16(15)2)22(25)20-14-17-7-3-4-8-19(17)24(20)21-9-5-6-12-23-21/h3-14H,1-2H3. The third-order valence-corrected chi connectivity index (χ3v) is 4.59. The Morgan fingerprint density at radius 2 is 1.68 bits per heavy atom. The largest absolute Gasteiger partial charge is 0.290 e. The zero-order valence-corrected chi connectivity index (χ0v) is 14.2. The Balaban J connectivity index is 1.95. The van der Waals surface area contributed by atoms with Crippen LogP contribution in [0.25, 0.3) is 16.7 Å². The summed E-state index contributed by atoms with van der Waals surface area (Å²) in [5.74, 6) is 0.751. The Kier molecular flexibility index (Phi) is 3.69. The number of para-hydroxylation sites is 1. The average Bonchev–Trinajstić information content (AvgIpc) is 3.03. The molecule has 25 heavy (non-hydrogen) atoms. The number of hydrogen-bond acceptors (Lipinski definition) is 2. The first kappa shape index (κ1) is 15.3. The Morgan fingerprint density at radius 1 is 0.880 bits per heavy atom. The summed E-state index contributed by atoms with van der Waals surface area (Å²) in [7, 11) is 0. The minimum Gasteiger partial charge on any atom is -0.290 e. The molecule has 0 saturated carbocycles. The first-order valence-electron chi connectivity index (χ1n) is 8.29. The van der Waals surface area contributed by atoms with Crippen LogP contribution in [-0.4, -0.2) is 15.3 Å². The monoisotopic (exact) mass is 326 g/mol. The lowest BCUT2D eigenvalue weighted by molar-refractivity contribution is 0.103. The fraction of sp³-hybridized carbons (Fsp3) is 0.0909. The van der Waals surface area contributed by atoms with Gasteiger partial charge in [0.25, 0.3) is 0 Å². The van der Waals surface area contributed by atoms with Gasteiger partial charge in [-0.05, 0) is 55.3 Å². The van der Waals surface area contributed by atoms with Crippen LogP contribution >= 0.6 is 0 Å². The molecule has 0 aliphatic rings. The first-order valence-corrected chi connectivity index (χ1v) is 8.29. The fourth-order valence-corrected chi connectivity index (χ4v) is 3.09. The molecule has 4 aromatic rings. The molecule has 0 aliphatic heterocycles. The molecule has 2 aromatic carbocycles. The zero-order valence-electron chi connectivity index (χ0n) is 14.2. The van der Waals surface area contributed by atoms with Gasteiger partial charge >= 0.3 is 0 Å². The van der Waals surface area contributed by atoms with E-state index < -0.39 is 0 Å². The van der Waals surface area contributed by atoms with Crippen LogP contribution in [0.5, 0.6) is 0 Å². The molecule has 2 aromatic heterocycles. The maximum Gasteiger partial charge on any atom is 0.209 e. The summed E-state index contributed by atoms with van der Waals surface area (Å²) in [6.07, 6.45) is 1.74. The van der Waals surface area contributed by atoms with Gasteiger partial charge in [-0.3, -0.25) is 9.36 Å². The Hall–Kier alpha value is -3.20. The summed E-state index contributed by atoms with van der Waals surface area (Å²) >= 11 is 0. The Labute approximate surface area is 146 Å². The lowest BCUT2D eigenvalue weighted by atomic mass is 10.0. The predicted octanol–water partition coefficient (Wildman–Crippen LogP) is 4.87. The highest BCUT2D eigenvalue weighted by atomic mass is 16.1. The second kappa shape index (κ2) is 6.02. The van der Waals surface area contributed by atoms with Crippen molar-refractivity contribution >= 4 is 16.7 Å². The van der Waals surface area contributed by atoms with E-state index in [0.717, 1.165) is 22.3 Å². The molecule has 0 radical (unpaired) electrons. The van der Waals surface area contributed by atoms with Crippen LogP contribution < -0.4 is 0 Å². The third kappa shape index (κ3) is 2.64. The van der Waals surface area contributed by atoms with Crippen LogP contribution in [0.2, 0.25) is 0 Å². The molecule has 0 N–H and O–H groups in total. The fourth-order valence-electron chi connectivity index (χ4n) is 3.09. The number of aryl methyl sites for hydroxylation is 2. The molecule has 122 valence electrons. The number of pyridine rings is 1. The van der Waals surface area contributed by atoms with E-state index in [2.05, 4.69) is 11.9 Å². The lowest BCUT2D eigenvalue weighted by Crippen LogP contribution is -2.10. The molecule has 0 amide bonds. The number of ketones is 1. The molecular weight excluding hydrogens is 308 g/mol. The maximum absolute atomic E-state index is 13.2. The SMILES string of the molecule is Cc1ccc(C(=O)c2cc3ccccc3n2-c2ccccn2)cc1C. The van der Waals surface area contributed by atoms with Crippen molar-refractivity contribution in [2.24, 2.45) is 0 Å². The normalized spacial score (nSPS) is 11.0. The van der Waals surface area contributed by atoms with Crippen molar-refractivity contribution in [2.75, 3.05) is 0 Å². The van der Waals surface area contributed by atoms with Crippen LogP contribution in [0.3, 0.4) is 0 Å². The number of aromatic nitrogens is 2. The van der Waals surface area contributed by atoms with Crippen molar-refractivity contribution < 1.29 is 4.79 Å². The van der Waals surface area contributed by atoms with E-state index in [0.29, 0.717) is 11.3 Å². The molecule has 3 nitrogen and oxygen atoms in total. The van der Waals surface area contributed by atoms with Gasteiger partial charge in [-0.25, -0.2) is 4.98 Å². The van der Waals surface area contributed by atoms with Gasteiger partial charge in [0.05, 0.1) is 11.2 Å². The van der Waals surface area contributed by atoms with Crippen molar-refractivity contribution in [3.63, 3.8) is 0 Å². The van der Waals surface area contributed by atoms with Crippen LogP contribution in [-0.2, 0) is 0 Å². The second-order valence-corrected chi connectivity index (χ2v) is 6.24. The number of rotatable bonds is 3. The van der Waals surface area contributed by atoms with Gasteiger partial charge in [-0.1, -0.05) is 36.4 Å². The topological polar surface area (TPSA) is 34.9 Å². The van der Waals surface area contributed by atoms with Gasteiger partial charge < -0.3 is 0 Å². The summed E-state index contributed by atoms with van der Waals surface area (Å²) in [6, 6.07) is 21.5. The van der Waals surface area contributed by atoms with E-state index in [1.807, 2.05) is 78.2 Å². The summed E-state index contributed by atoms with van der Waals surface area (Å²) in [6.45, 7) is 4.08. The molecule has 2 heterocycles.